The highest BCUT2D eigenvalue weighted by Crippen LogP contribution is 2.44. The van der Waals surface area contributed by atoms with Crippen LogP contribution in [0, 0.1) is 0 Å². The Labute approximate surface area is 119 Å². The third kappa shape index (κ3) is 2.15. The normalized spacial score (nSPS) is 17.3. The van der Waals surface area contributed by atoms with Crippen LogP contribution in [0.15, 0.2) is 36.5 Å². The zero-order valence-electron chi connectivity index (χ0n) is 11.1. The van der Waals surface area contributed by atoms with Gasteiger partial charge in [-0.25, -0.2) is 0 Å². The fraction of sp³-hybridized carbons (Fsp3) is 0.333. The number of carbonyl (C=O) groups is 1. The van der Waals surface area contributed by atoms with Crippen molar-refractivity contribution in [3.63, 3.8) is 0 Å². The molecule has 1 fully saturated rings. The van der Waals surface area contributed by atoms with E-state index in [1.54, 1.807) is 24.3 Å². The molecule has 1 aromatic carbocycles. The molecule has 3 rings (SSSR count). The molecule has 0 radical (unpaired) electrons. The van der Waals surface area contributed by atoms with E-state index in [4.69, 9.17) is 0 Å². The molecular weight excluding hydrogens is 278 g/mol. The maximum absolute atomic E-state index is 14.0. The van der Waals surface area contributed by atoms with Gasteiger partial charge in [0, 0.05) is 11.6 Å². The minimum absolute atomic E-state index is 0.0682. The molecule has 1 amide bonds. The van der Waals surface area contributed by atoms with E-state index in [1.165, 1.54) is 12.3 Å². The third-order valence-corrected chi connectivity index (χ3v) is 3.93. The van der Waals surface area contributed by atoms with Crippen molar-refractivity contribution < 1.29 is 18.7 Å². The highest BCUT2D eigenvalue weighted by molar-refractivity contribution is 6.03. The lowest BCUT2D eigenvalue weighted by Crippen LogP contribution is -2.59. The molecule has 1 heterocycles. The van der Waals surface area contributed by atoms with Crippen LogP contribution in [0.25, 0.3) is 10.9 Å². The lowest BCUT2D eigenvalue weighted by molar-refractivity contribution is -0.212. The summed E-state index contributed by atoms with van der Waals surface area (Å²) in [6, 6.07) is 8.43. The number of fused-ring (bicyclic) bond motifs is 1. The molecule has 1 aliphatic carbocycles. The quantitative estimate of drug-likeness (QED) is 0.914. The number of pyridine rings is 1. The van der Waals surface area contributed by atoms with Crippen LogP contribution in [0.2, 0.25) is 0 Å². The van der Waals surface area contributed by atoms with Crippen molar-refractivity contribution in [1.82, 2.24) is 4.98 Å². The molecule has 4 nitrogen and oxygen atoms in total. The van der Waals surface area contributed by atoms with Gasteiger partial charge < -0.3 is 10.4 Å². The molecule has 1 aliphatic rings. The van der Waals surface area contributed by atoms with Crippen LogP contribution < -0.4 is 5.32 Å². The van der Waals surface area contributed by atoms with Gasteiger partial charge in [0.05, 0.1) is 11.2 Å². The first-order valence-electron chi connectivity index (χ1n) is 6.69. The van der Waals surface area contributed by atoms with Crippen molar-refractivity contribution in [3.05, 3.63) is 36.5 Å². The van der Waals surface area contributed by atoms with E-state index in [0.717, 1.165) is 5.39 Å². The summed E-state index contributed by atoms with van der Waals surface area (Å²) in [6.45, 7) is 0. The second kappa shape index (κ2) is 4.73. The molecule has 0 atom stereocenters. The number of para-hydroxylation sites is 1. The molecule has 1 aromatic heterocycles. The zero-order chi connectivity index (χ0) is 15.1. The second-order valence-corrected chi connectivity index (χ2v) is 5.29. The second-order valence-electron chi connectivity index (χ2n) is 5.29. The minimum atomic E-state index is -3.82. The van der Waals surface area contributed by atoms with Crippen molar-refractivity contribution in [3.8, 4) is 0 Å². The van der Waals surface area contributed by atoms with Crippen LogP contribution in [0.4, 0.5) is 14.5 Å². The summed E-state index contributed by atoms with van der Waals surface area (Å²) in [4.78, 5) is 16.0. The lowest BCUT2D eigenvalue weighted by Gasteiger charge is -2.41. The van der Waals surface area contributed by atoms with E-state index in [-0.39, 0.29) is 18.5 Å². The Morgan fingerprint density at radius 3 is 2.67 bits per heavy atom. The maximum atomic E-state index is 14.0. The van der Waals surface area contributed by atoms with Gasteiger partial charge in [0.1, 0.15) is 5.60 Å². The Balaban J connectivity index is 1.90. The van der Waals surface area contributed by atoms with Crippen molar-refractivity contribution in [1.29, 1.82) is 0 Å². The van der Waals surface area contributed by atoms with Gasteiger partial charge >= 0.3 is 5.92 Å². The highest BCUT2D eigenvalue weighted by atomic mass is 19.3. The molecule has 1 saturated carbocycles. The predicted octanol–water partition coefficient (Wildman–Crippen LogP) is 2.72. The minimum Gasteiger partial charge on any atom is -0.383 e. The summed E-state index contributed by atoms with van der Waals surface area (Å²) in [5, 5.41) is 12.7. The van der Waals surface area contributed by atoms with E-state index in [1.807, 2.05) is 0 Å². The van der Waals surface area contributed by atoms with E-state index in [2.05, 4.69) is 10.3 Å². The van der Waals surface area contributed by atoms with Gasteiger partial charge in [0.2, 0.25) is 0 Å². The molecular formula is C15H14F2N2O2. The number of aliphatic hydroxyl groups is 1. The number of anilines is 1. The number of nitrogens with zero attached hydrogens (tertiary/aromatic N) is 1. The summed E-state index contributed by atoms with van der Waals surface area (Å²) in [5.74, 6) is -5.31. The Hall–Kier alpha value is -2.08. The summed E-state index contributed by atoms with van der Waals surface area (Å²) in [5.41, 5.74) is -1.58. The number of carbonyl (C=O) groups excluding carboxylic acids is 1. The SMILES string of the molecule is O=C(Nc1cccc2cccnc12)C(F)(F)C1(O)CCC1. The van der Waals surface area contributed by atoms with Crippen molar-refractivity contribution >= 4 is 22.5 Å². The molecule has 2 aromatic rings. The molecule has 0 saturated heterocycles. The average Bonchev–Trinajstić information content (AvgIpc) is 2.45. The van der Waals surface area contributed by atoms with Crippen LogP contribution in [-0.2, 0) is 4.79 Å². The van der Waals surface area contributed by atoms with E-state index < -0.39 is 17.4 Å². The van der Waals surface area contributed by atoms with Crippen LogP contribution in [0.5, 0.6) is 0 Å². The lowest BCUT2D eigenvalue weighted by atomic mass is 9.75. The Kier molecular flexibility index (Phi) is 3.13. The number of aromatic nitrogens is 1. The predicted molar refractivity (Wildman–Crippen MR) is 74.1 cm³/mol. The molecule has 0 spiro atoms. The van der Waals surface area contributed by atoms with E-state index in [0.29, 0.717) is 11.9 Å². The first-order chi connectivity index (χ1) is 9.94. The number of hydrogen-bond donors (Lipinski definition) is 2. The Bertz CT molecular complexity index is 694. The van der Waals surface area contributed by atoms with Gasteiger partial charge in [0.25, 0.3) is 5.91 Å². The van der Waals surface area contributed by atoms with Crippen LogP contribution >= 0.6 is 0 Å². The number of amides is 1. The largest absolute Gasteiger partial charge is 0.383 e. The summed E-state index contributed by atoms with van der Waals surface area (Å²) in [6.07, 6.45) is 1.88. The first-order valence-corrected chi connectivity index (χ1v) is 6.69. The van der Waals surface area contributed by atoms with Gasteiger partial charge in [-0.1, -0.05) is 18.2 Å². The number of rotatable bonds is 3. The smallest absolute Gasteiger partial charge is 0.352 e. The van der Waals surface area contributed by atoms with Gasteiger partial charge in [0.15, 0.2) is 0 Å². The van der Waals surface area contributed by atoms with Crippen LogP contribution in [0.3, 0.4) is 0 Å². The van der Waals surface area contributed by atoms with Crippen LogP contribution in [0.1, 0.15) is 19.3 Å². The zero-order valence-corrected chi connectivity index (χ0v) is 11.1. The monoisotopic (exact) mass is 292 g/mol. The van der Waals surface area contributed by atoms with Gasteiger partial charge in [-0.15, -0.1) is 0 Å². The number of benzene rings is 1. The topological polar surface area (TPSA) is 62.2 Å². The highest BCUT2D eigenvalue weighted by Gasteiger charge is 2.61. The van der Waals surface area contributed by atoms with Gasteiger partial charge in [-0.05, 0) is 31.4 Å². The molecule has 21 heavy (non-hydrogen) atoms. The maximum Gasteiger partial charge on any atom is 0.352 e. The molecule has 0 unspecified atom stereocenters. The molecule has 2 N–H and O–H groups in total. The van der Waals surface area contributed by atoms with Crippen molar-refractivity contribution in [2.45, 2.75) is 30.8 Å². The average molecular weight is 292 g/mol. The van der Waals surface area contributed by atoms with Gasteiger partial charge in [-0.2, -0.15) is 8.78 Å². The fourth-order valence-corrected chi connectivity index (χ4v) is 2.44. The summed E-state index contributed by atoms with van der Waals surface area (Å²) < 4.78 is 28.1. The molecule has 110 valence electrons. The van der Waals surface area contributed by atoms with Gasteiger partial charge in [-0.3, -0.25) is 9.78 Å². The molecule has 6 heteroatoms. The summed E-state index contributed by atoms with van der Waals surface area (Å²) in [7, 11) is 0. The number of alkyl halides is 2. The number of nitrogens with one attached hydrogen (secondary N) is 1. The van der Waals surface area contributed by atoms with Crippen molar-refractivity contribution in [2.75, 3.05) is 5.32 Å². The Morgan fingerprint density at radius 1 is 1.29 bits per heavy atom. The number of hydrogen-bond acceptors (Lipinski definition) is 3. The van der Waals surface area contributed by atoms with E-state index >= 15 is 0 Å². The standard InChI is InChI=1S/C15H14F2N2O2/c16-15(17,14(21)7-3-8-14)13(20)19-11-6-1-4-10-5-2-9-18-12(10)11/h1-2,4-6,9,21H,3,7-8H2,(H,19,20). The Morgan fingerprint density at radius 2 is 2.00 bits per heavy atom. The third-order valence-electron chi connectivity index (χ3n) is 3.93. The van der Waals surface area contributed by atoms with E-state index in [9.17, 15) is 18.7 Å². The number of halogens is 2. The van der Waals surface area contributed by atoms with Crippen molar-refractivity contribution in [2.24, 2.45) is 0 Å². The fourth-order valence-electron chi connectivity index (χ4n) is 2.44. The molecule has 0 aliphatic heterocycles. The summed E-state index contributed by atoms with van der Waals surface area (Å²) >= 11 is 0. The molecule has 0 bridgehead atoms. The van der Waals surface area contributed by atoms with Crippen LogP contribution in [-0.4, -0.2) is 27.5 Å². The first kappa shape index (κ1) is 13.9.